The van der Waals surface area contributed by atoms with Gasteiger partial charge in [0.05, 0.1) is 0 Å². The second-order valence-electron chi connectivity index (χ2n) is 4.76. The van der Waals surface area contributed by atoms with Gasteiger partial charge >= 0.3 is 0 Å². The Kier molecular flexibility index (Phi) is 3.80. The van der Waals surface area contributed by atoms with Gasteiger partial charge in [0, 0.05) is 17.5 Å². The van der Waals surface area contributed by atoms with Crippen molar-refractivity contribution in [3.05, 3.63) is 22.7 Å². The van der Waals surface area contributed by atoms with Crippen molar-refractivity contribution in [2.45, 2.75) is 57.8 Å². The zero-order valence-corrected chi connectivity index (χ0v) is 10.8. The fourth-order valence-corrected chi connectivity index (χ4v) is 2.49. The summed E-state index contributed by atoms with van der Waals surface area (Å²) in [6, 6.07) is 1.95. The largest absolute Gasteiger partial charge is 0.237 e. The van der Waals surface area contributed by atoms with Crippen LogP contribution in [0.25, 0.3) is 0 Å². The van der Waals surface area contributed by atoms with E-state index >= 15 is 0 Å². The van der Waals surface area contributed by atoms with Gasteiger partial charge in [0.15, 0.2) is 0 Å². The molecule has 1 aliphatic rings. The molecule has 1 aromatic rings. The van der Waals surface area contributed by atoms with Crippen LogP contribution in [0.4, 0.5) is 0 Å². The molecule has 0 bridgehead atoms. The molecule has 2 rings (SSSR count). The van der Waals surface area contributed by atoms with E-state index in [9.17, 15) is 0 Å². The molecule has 2 nitrogen and oxygen atoms in total. The molecule has 0 N–H and O–H groups in total. The molecule has 0 aliphatic heterocycles. The minimum Gasteiger partial charge on any atom is -0.237 e. The molecule has 0 amide bonds. The Morgan fingerprint density at radius 3 is 2.69 bits per heavy atom. The highest BCUT2D eigenvalue weighted by atomic mass is 35.5. The molecular weight excluding hydrogens is 220 g/mol. The van der Waals surface area contributed by atoms with Crippen LogP contribution >= 0.6 is 11.6 Å². The van der Waals surface area contributed by atoms with Crippen molar-refractivity contribution in [2.24, 2.45) is 0 Å². The van der Waals surface area contributed by atoms with Crippen LogP contribution in [-0.4, -0.2) is 9.97 Å². The third-order valence-corrected chi connectivity index (χ3v) is 3.75. The van der Waals surface area contributed by atoms with Gasteiger partial charge in [-0.1, -0.05) is 38.3 Å². The van der Waals surface area contributed by atoms with E-state index in [-0.39, 0.29) is 0 Å². The Labute approximate surface area is 102 Å². The van der Waals surface area contributed by atoms with Crippen molar-refractivity contribution in [2.75, 3.05) is 0 Å². The van der Waals surface area contributed by atoms with E-state index in [2.05, 4.69) is 18.8 Å². The standard InChI is InChI=1S/C13H19ClN2/c1-3-9(2)13-15-11(8-12(14)16-13)10-6-4-5-7-10/h8-10H,3-7H2,1-2H3. The molecule has 16 heavy (non-hydrogen) atoms. The second-order valence-corrected chi connectivity index (χ2v) is 5.15. The average Bonchev–Trinajstić information content (AvgIpc) is 2.80. The first kappa shape index (κ1) is 11.8. The minimum absolute atomic E-state index is 0.402. The zero-order chi connectivity index (χ0) is 11.5. The number of nitrogens with zero attached hydrogens (tertiary/aromatic N) is 2. The Morgan fingerprint density at radius 2 is 2.06 bits per heavy atom. The van der Waals surface area contributed by atoms with Crippen LogP contribution in [0.5, 0.6) is 0 Å². The highest BCUT2D eigenvalue weighted by Crippen LogP contribution is 2.34. The summed E-state index contributed by atoms with van der Waals surface area (Å²) in [5.74, 6) is 1.93. The second kappa shape index (κ2) is 5.13. The van der Waals surface area contributed by atoms with Gasteiger partial charge in [-0.15, -0.1) is 0 Å². The maximum absolute atomic E-state index is 6.08. The first-order valence-corrected chi connectivity index (χ1v) is 6.63. The van der Waals surface area contributed by atoms with Crippen LogP contribution in [0.15, 0.2) is 6.07 Å². The quantitative estimate of drug-likeness (QED) is 0.734. The fourth-order valence-electron chi connectivity index (χ4n) is 2.29. The Balaban J connectivity index is 2.27. The van der Waals surface area contributed by atoms with Crippen LogP contribution in [0.1, 0.15) is 69.3 Å². The summed E-state index contributed by atoms with van der Waals surface area (Å²) in [5.41, 5.74) is 1.16. The SMILES string of the molecule is CCC(C)c1nc(Cl)cc(C2CCCC2)n1. The lowest BCUT2D eigenvalue weighted by Crippen LogP contribution is -2.05. The molecule has 1 unspecified atom stereocenters. The molecule has 1 aromatic heterocycles. The van der Waals surface area contributed by atoms with E-state index in [4.69, 9.17) is 16.6 Å². The van der Waals surface area contributed by atoms with Crippen molar-refractivity contribution in [1.29, 1.82) is 0 Å². The summed E-state index contributed by atoms with van der Waals surface area (Å²) in [6.07, 6.45) is 6.22. The molecule has 1 fully saturated rings. The van der Waals surface area contributed by atoms with E-state index in [1.54, 1.807) is 0 Å². The Morgan fingerprint density at radius 1 is 1.38 bits per heavy atom. The number of halogens is 1. The Bertz CT molecular complexity index is 359. The molecule has 0 saturated heterocycles. The fraction of sp³-hybridized carbons (Fsp3) is 0.692. The summed E-state index contributed by atoms with van der Waals surface area (Å²) in [7, 11) is 0. The van der Waals surface area contributed by atoms with E-state index in [0.717, 1.165) is 17.9 Å². The molecule has 1 saturated carbocycles. The van der Waals surface area contributed by atoms with E-state index in [0.29, 0.717) is 17.0 Å². The molecule has 1 atom stereocenters. The summed E-state index contributed by atoms with van der Waals surface area (Å²) >= 11 is 6.08. The van der Waals surface area contributed by atoms with Crippen LogP contribution in [0.2, 0.25) is 5.15 Å². The minimum atomic E-state index is 0.402. The predicted octanol–water partition coefficient (Wildman–Crippen LogP) is 4.30. The molecular formula is C13H19ClN2. The van der Waals surface area contributed by atoms with Crippen LogP contribution in [0.3, 0.4) is 0 Å². The Hall–Kier alpha value is -0.630. The number of hydrogen-bond acceptors (Lipinski definition) is 2. The van der Waals surface area contributed by atoms with Gasteiger partial charge < -0.3 is 0 Å². The van der Waals surface area contributed by atoms with Gasteiger partial charge in [0.25, 0.3) is 0 Å². The highest BCUT2D eigenvalue weighted by molar-refractivity contribution is 6.29. The topological polar surface area (TPSA) is 25.8 Å². The first-order valence-electron chi connectivity index (χ1n) is 6.25. The lowest BCUT2D eigenvalue weighted by molar-refractivity contribution is 0.639. The monoisotopic (exact) mass is 238 g/mol. The number of aromatic nitrogens is 2. The van der Waals surface area contributed by atoms with Crippen molar-refractivity contribution >= 4 is 11.6 Å². The van der Waals surface area contributed by atoms with Crippen molar-refractivity contribution in [3.8, 4) is 0 Å². The summed E-state index contributed by atoms with van der Waals surface area (Å²) in [4.78, 5) is 9.02. The molecule has 0 radical (unpaired) electrons. The summed E-state index contributed by atoms with van der Waals surface area (Å²) < 4.78 is 0. The number of hydrogen-bond donors (Lipinski definition) is 0. The summed E-state index contributed by atoms with van der Waals surface area (Å²) in [5, 5.41) is 0.604. The van der Waals surface area contributed by atoms with Gasteiger partial charge in [0.1, 0.15) is 11.0 Å². The number of rotatable bonds is 3. The molecule has 88 valence electrons. The van der Waals surface area contributed by atoms with E-state index < -0.39 is 0 Å². The van der Waals surface area contributed by atoms with Crippen molar-refractivity contribution in [1.82, 2.24) is 9.97 Å². The molecule has 1 aliphatic carbocycles. The molecule has 0 spiro atoms. The maximum Gasteiger partial charge on any atom is 0.133 e. The lowest BCUT2D eigenvalue weighted by Gasteiger charge is -2.13. The molecule has 1 heterocycles. The summed E-state index contributed by atoms with van der Waals surface area (Å²) in [6.45, 7) is 4.31. The van der Waals surface area contributed by atoms with E-state index in [1.807, 2.05) is 6.07 Å². The van der Waals surface area contributed by atoms with E-state index in [1.165, 1.54) is 25.7 Å². The third kappa shape index (κ3) is 2.54. The normalized spacial score (nSPS) is 18.9. The predicted molar refractivity (Wildman–Crippen MR) is 67.0 cm³/mol. The van der Waals surface area contributed by atoms with Gasteiger partial charge in [-0.25, -0.2) is 9.97 Å². The van der Waals surface area contributed by atoms with Gasteiger partial charge in [-0.3, -0.25) is 0 Å². The van der Waals surface area contributed by atoms with Gasteiger partial charge in [-0.2, -0.15) is 0 Å². The average molecular weight is 239 g/mol. The van der Waals surface area contributed by atoms with Crippen LogP contribution < -0.4 is 0 Å². The third-order valence-electron chi connectivity index (χ3n) is 3.56. The smallest absolute Gasteiger partial charge is 0.133 e. The molecule has 3 heteroatoms. The highest BCUT2D eigenvalue weighted by Gasteiger charge is 2.20. The lowest BCUT2D eigenvalue weighted by atomic mass is 10.0. The van der Waals surface area contributed by atoms with Gasteiger partial charge in [0.2, 0.25) is 0 Å². The first-order chi connectivity index (χ1) is 7.70. The van der Waals surface area contributed by atoms with Gasteiger partial charge in [-0.05, 0) is 25.3 Å². The maximum atomic E-state index is 6.08. The van der Waals surface area contributed by atoms with Crippen molar-refractivity contribution in [3.63, 3.8) is 0 Å². The molecule has 0 aromatic carbocycles. The zero-order valence-electron chi connectivity index (χ0n) is 10.0. The van der Waals surface area contributed by atoms with Crippen LogP contribution in [0, 0.1) is 0 Å². The van der Waals surface area contributed by atoms with Crippen molar-refractivity contribution < 1.29 is 0 Å². The van der Waals surface area contributed by atoms with Crippen LogP contribution in [-0.2, 0) is 0 Å².